The van der Waals surface area contributed by atoms with E-state index in [4.69, 9.17) is 17.3 Å². The van der Waals surface area contributed by atoms with Gasteiger partial charge in [0.05, 0.1) is 0 Å². The summed E-state index contributed by atoms with van der Waals surface area (Å²) >= 11 is 9.80. The largest absolute Gasteiger partial charge is 0.323 e. The topological polar surface area (TPSA) is 26.0 Å². The molecule has 16 heavy (non-hydrogen) atoms. The quantitative estimate of drug-likeness (QED) is 0.898. The van der Waals surface area contributed by atoms with Crippen LogP contribution in [0.3, 0.4) is 0 Å². The summed E-state index contributed by atoms with van der Waals surface area (Å²) in [6, 6.07) is 4.21. The number of benzene rings is 1. The summed E-state index contributed by atoms with van der Waals surface area (Å²) in [7, 11) is 0. The van der Waals surface area contributed by atoms with Gasteiger partial charge in [-0.2, -0.15) is 23.5 Å². The number of thioether (sulfide) groups is 2. The van der Waals surface area contributed by atoms with Gasteiger partial charge in [-0.3, -0.25) is 0 Å². The minimum absolute atomic E-state index is 0.180. The summed E-state index contributed by atoms with van der Waals surface area (Å²) in [6.07, 6.45) is 0. The average Bonchev–Trinajstić information content (AvgIpc) is 2.32. The summed E-state index contributed by atoms with van der Waals surface area (Å²) in [5, 5.41) is 0.892. The third-order valence-electron chi connectivity index (χ3n) is 2.56. The molecule has 0 aromatic heterocycles. The molecule has 1 aliphatic rings. The minimum Gasteiger partial charge on any atom is -0.323 e. The molecule has 5 heteroatoms. The van der Waals surface area contributed by atoms with E-state index >= 15 is 0 Å². The molecule has 0 saturated carbocycles. The Balaban J connectivity index is 2.18. The normalized spacial score (nSPS) is 23.1. The Hall–Kier alpha value is 0.1000. The molecule has 0 amide bonds. The fraction of sp³-hybridized carbons (Fsp3) is 0.455. The molecule has 1 aromatic carbocycles. The molecule has 2 rings (SSSR count). The fourth-order valence-electron chi connectivity index (χ4n) is 1.68. The molecule has 0 radical (unpaired) electrons. The first kappa shape index (κ1) is 12.6. The maximum Gasteiger partial charge on any atom is 0.123 e. The van der Waals surface area contributed by atoms with Gasteiger partial charge in [0.2, 0.25) is 0 Å². The second-order valence-corrected chi connectivity index (χ2v) is 6.58. The Morgan fingerprint density at radius 3 is 2.94 bits per heavy atom. The maximum absolute atomic E-state index is 13.1. The first-order valence-electron chi connectivity index (χ1n) is 5.08. The number of nitrogens with two attached hydrogens (primary N) is 1. The van der Waals surface area contributed by atoms with Gasteiger partial charge in [-0.1, -0.05) is 11.6 Å². The smallest absolute Gasteiger partial charge is 0.123 e. The van der Waals surface area contributed by atoms with Gasteiger partial charge < -0.3 is 5.73 Å². The summed E-state index contributed by atoms with van der Waals surface area (Å²) in [6.45, 7) is 0. The van der Waals surface area contributed by atoms with Crippen LogP contribution in [-0.4, -0.2) is 22.5 Å². The van der Waals surface area contributed by atoms with E-state index in [1.165, 1.54) is 17.9 Å². The Morgan fingerprint density at radius 2 is 2.25 bits per heavy atom. The zero-order valence-corrected chi connectivity index (χ0v) is 11.0. The van der Waals surface area contributed by atoms with Gasteiger partial charge in [-0.05, 0) is 23.8 Å². The van der Waals surface area contributed by atoms with Crippen LogP contribution in [-0.2, 0) is 0 Å². The first-order chi connectivity index (χ1) is 7.68. The van der Waals surface area contributed by atoms with E-state index in [0.29, 0.717) is 10.3 Å². The molecule has 88 valence electrons. The lowest BCUT2D eigenvalue weighted by Gasteiger charge is -2.27. The van der Waals surface area contributed by atoms with Crippen LogP contribution in [0.15, 0.2) is 18.2 Å². The van der Waals surface area contributed by atoms with Crippen LogP contribution in [0.25, 0.3) is 0 Å². The molecule has 1 aromatic rings. The highest BCUT2D eigenvalue weighted by Crippen LogP contribution is 2.34. The summed E-state index contributed by atoms with van der Waals surface area (Å²) in [5.41, 5.74) is 6.88. The van der Waals surface area contributed by atoms with Gasteiger partial charge in [0.25, 0.3) is 0 Å². The molecular weight excluding hydrogens is 265 g/mol. The predicted octanol–water partition coefficient (Wildman–Crippen LogP) is 3.33. The van der Waals surface area contributed by atoms with Crippen LogP contribution in [0.1, 0.15) is 11.6 Å². The molecule has 1 nitrogen and oxygen atoms in total. The van der Waals surface area contributed by atoms with Crippen molar-refractivity contribution in [3.05, 3.63) is 34.6 Å². The average molecular weight is 278 g/mol. The summed E-state index contributed by atoms with van der Waals surface area (Å²) < 4.78 is 13.1. The molecule has 1 heterocycles. The van der Waals surface area contributed by atoms with Crippen LogP contribution in [0.5, 0.6) is 0 Å². The van der Waals surface area contributed by atoms with Gasteiger partial charge in [0.15, 0.2) is 0 Å². The lowest BCUT2D eigenvalue weighted by atomic mass is 10.0. The first-order valence-corrected chi connectivity index (χ1v) is 7.66. The Labute approximate surface area is 108 Å². The highest BCUT2D eigenvalue weighted by Gasteiger charge is 2.24. The van der Waals surface area contributed by atoms with Crippen molar-refractivity contribution in [2.75, 3.05) is 17.3 Å². The van der Waals surface area contributed by atoms with Crippen molar-refractivity contribution in [2.24, 2.45) is 5.73 Å². The van der Waals surface area contributed by atoms with Gasteiger partial charge in [-0.25, -0.2) is 4.39 Å². The third kappa shape index (κ3) is 2.86. The van der Waals surface area contributed by atoms with Gasteiger partial charge >= 0.3 is 0 Å². The molecule has 2 unspecified atom stereocenters. The highest BCUT2D eigenvalue weighted by atomic mass is 35.5. The molecule has 1 aliphatic heterocycles. The van der Waals surface area contributed by atoms with E-state index in [1.54, 1.807) is 6.07 Å². The SMILES string of the molecule is NC(c1cc(F)ccc1Cl)C1CSCCS1. The Kier molecular flexibility index (Phi) is 4.41. The Bertz CT molecular complexity index is 369. The van der Waals surface area contributed by atoms with Crippen LogP contribution in [0.4, 0.5) is 4.39 Å². The molecule has 1 saturated heterocycles. The van der Waals surface area contributed by atoms with E-state index in [-0.39, 0.29) is 11.9 Å². The second-order valence-electron chi connectivity index (χ2n) is 3.68. The van der Waals surface area contributed by atoms with Crippen molar-refractivity contribution in [3.8, 4) is 0 Å². The molecule has 2 atom stereocenters. The van der Waals surface area contributed by atoms with E-state index in [0.717, 1.165) is 17.1 Å². The van der Waals surface area contributed by atoms with Crippen LogP contribution < -0.4 is 5.73 Å². The summed E-state index contributed by atoms with van der Waals surface area (Å²) in [5.74, 6) is 3.02. The standard InChI is InChI=1S/C11H13ClFNS2/c12-9-2-1-7(13)5-8(9)11(14)10-6-15-3-4-16-10/h1-2,5,10-11H,3-4,6,14H2. The number of hydrogen-bond acceptors (Lipinski definition) is 3. The highest BCUT2D eigenvalue weighted by molar-refractivity contribution is 8.06. The predicted molar refractivity (Wildman–Crippen MR) is 71.9 cm³/mol. The van der Waals surface area contributed by atoms with E-state index < -0.39 is 0 Å². The fourth-order valence-corrected chi connectivity index (χ4v) is 4.72. The number of halogens is 2. The lowest BCUT2D eigenvalue weighted by molar-refractivity contribution is 0.618. The maximum atomic E-state index is 13.1. The zero-order valence-electron chi connectivity index (χ0n) is 8.66. The number of rotatable bonds is 2. The summed E-state index contributed by atoms with van der Waals surface area (Å²) in [4.78, 5) is 0. The molecule has 0 aliphatic carbocycles. The third-order valence-corrected chi connectivity index (χ3v) is 5.79. The zero-order chi connectivity index (χ0) is 11.5. The lowest BCUT2D eigenvalue weighted by Crippen LogP contribution is -2.29. The Morgan fingerprint density at radius 1 is 1.44 bits per heavy atom. The van der Waals surface area contributed by atoms with Gasteiger partial charge in [-0.15, -0.1) is 0 Å². The molecule has 0 spiro atoms. The van der Waals surface area contributed by atoms with Crippen molar-refractivity contribution < 1.29 is 4.39 Å². The monoisotopic (exact) mass is 277 g/mol. The minimum atomic E-state index is -0.275. The van der Waals surface area contributed by atoms with E-state index in [2.05, 4.69) is 0 Å². The van der Waals surface area contributed by atoms with Crippen molar-refractivity contribution in [1.29, 1.82) is 0 Å². The number of hydrogen-bond donors (Lipinski definition) is 1. The van der Waals surface area contributed by atoms with Crippen molar-refractivity contribution >= 4 is 35.1 Å². The van der Waals surface area contributed by atoms with Crippen molar-refractivity contribution in [2.45, 2.75) is 11.3 Å². The van der Waals surface area contributed by atoms with Gasteiger partial charge in [0.1, 0.15) is 5.82 Å². The van der Waals surface area contributed by atoms with E-state index in [9.17, 15) is 4.39 Å². The van der Waals surface area contributed by atoms with Crippen molar-refractivity contribution in [1.82, 2.24) is 0 Å². The van der Waals surface area contributed by atoms with Crippen molar-refractivity contribution in [3.63, 3.8) is 0 Å². The molecule has 2 N–H and O–H groups in total. The van der Waals surface area contributed by atoms with Crippen LogP contribution >= 0.6 is 35.1 Å². The van der Waals surface area contributed by atoms with Crippen LogP contribution in [0.2, 0.25) is 5.02 Å². The van der Waals surface area contributed by atoms with Gasteiger partial charge in [0, 0.05) is 33.6 Å². The molecule has 0 bridgehead atoms. The molecular formula is C11H13ClFNS2. The molecule has 1 fully saturated rings. The van der Waals surface area contributed by atoms with E-state index in [1.807, 2.05) is 23.5 Å². The van der Waals surface area contributed by atoms with Crippen LogP contribution in [0, 0.1) is 5.82 Å². The second kappa shape index (κ2) is 5.63.